The Hall–Kier alpha value is -2.77. The number of phenols is 1. The summed E-state index contributed by atoms with van der Waals surface area (Å²) in [6, 6.07) is 0.548. The zero-order chi connectivity index (χ0) is 26.0. The fraction of sp³-hybridized carbons (Fsp3) is 0.435. The molecule has 35 heavy (non-hydrogen) atoms. The molecule has 0 spiro atoms. The molecular weight excluding hydrogens is 526 g/mol. The maximum Gasteiger partial charge on any atom is 0.255 e. The van der Waals surface area contributed by atoms with E-state index < -0.39 is 58.0 Å². The summed E-state index contributed by atoms with van der Waals surface area (Å²) in [4.78, 5) is 45.1. The van der Waals surface area contributed by atoms with Crippen LogP contribution < -0.4 is 11.2 Å². The Morgan fingerprint density at radius 2 is 1.97 bits per heavy atom. The quantitative estimate of drug-likeness (QED) is 0.221. The molecule has 4 rings (SSSR count). The van der Waals surface area contributed by atoms with Crippen molar-refractivity contribution in [3.05, 3.63) is 44.1 Å². The number of halogens is 1. The lowest BCUT2D eigenvalue weighted by atomic mass is 9.57. The highest BCUT2D eigenvalue weighted by Gasteiger charge is 2.64. The number of aliphatic hydroxyl groups is 3. The van der Waals surface area contributed by atoms with E-state index in [1.165, 1.54) is 12.0 Å². The molecule has 0 radical (unpaired) electrons. The number of aromatic hydroxyl groups is 1. The molecule has 4 atom stereocenters. The molecule has 0 bridgehead atoms. The molecule has 0 saturated heterocycles. The Kier molecular flexibility index (Phi) is 6.31. The second-order valence-electron chi connectivity index (χ2n) is 9.21. The number of phenolic OH excluding ortho intramolecular Hbond substituents is 1. The second kappa shape index (κ2) is 8.71. The third kappa shape index (κ3) is 3.51. The third-order valence-corrected chi connectivity index (χ3v) is 7.86. The number of ketones is 2. The lowest BCUT2D eigenvalue weighted by molar-refractivity contribution is -0.153. The van der Waals surface area contributed by atoms with Gasteiger partial charge in [-0.3, -0.25) is 19.3 Å². The minimum absolute atomic E-state index is 0.0172. The highest BCUT2D eigenvalue weighted by Crippen LogP contribution is 2.53. The summed E-state index contributed by atoms with van der Waals surface area (Å²) in [6.07, 6.45) is 0.243. The van der Waals surface area contributed by atoms with Gasteiger partial charge in [0, 0.05) is 28.1 Å². The molecule has 7 N–H and O–H groups in total. The van der Waals surface area contributed by atoms with Crippen molar-refractivity contribution in [1.82, 2.24) is 10.4 Å². The van der Waals surface area contributed by atoms with Crippen LogP contribution in [0.1, 0.15) is 23.1 Å². The molecule has 0 unspecified atom stereocenters. The van der Waals surface area contributed by atoms with Crippen molar-refractivity contribution < 1.29 is 39.6 Å². The van der Waals surface area contributed by atoms with Gasteiger partial charge in [-0.2, -0.15) is 5.48 Å². The molecule has 3 aliphatic carbocycles. The summed E-state index contributed by atoms with van der Waals surface area (Å²) in [5, 5.41) is 44.5. The second-order valence-corrected chi connectivity index (χ2v) is 10.1. The van der Waals surface area contributed by atoms with Gasteiger partial charge in [-0.15, -0.1) is 0 Å². The molecule has 188 valence electrons. The highest BCUT2D eigenvalue weighted by molar-refractivity contribution is 9.10. The van der Waals surface area contributed by atoms with Crippen LogP contribution >= 0.6 is 15.9 Å². The Morgan fingerprint density at radius 3 is 2.54 bits per heavy atom. The maximum absolute atomic E-state index is 13.8. The largest absolute Gasteiger partial charge is 0.508 e. The van der Waals surface area contributed by atoms with E-state index in [0.29, 0.717) is 15.6 Å². The normalized spacial score (nSPS) is 28.2. The van der Waals surface area contributed by atoms with Gasteiger partial charge in [-0.05, 0) is 44.5 Å². The van der Waals surface area contributed by atoms with Gasteiger partial charge in [-0.25, -0.2) is 0 Å². The molecular formula is C23H26BrN3O8. The van der Waals surface area contributed by atoms with E-state index in [4.69, 9.17) is 10.6 Å². The Balaban J connectivity index is 1.95. The van der Waals surface area contributed by atoms with E-state index in [2.05, 4.69) is 21.4 Å². The van der Waals surface area contributed by atoms with E-state index in [-0.39, 0.29) is 36.3 Å². The summed E-state index contributed by atoms with van der Waals surface area (Å²) in [6.45, 7) is 0.0956. The molecule has 1 aromatic rings. The minimum atomic E-state index is -2.66. The number of nitrogens with two attached hydrogens (primary N) is 1. The summed E-state index contributed by atoms with van der Waals surface area (Å²) >= 11 is 3.47. The molecule has 11 nitrogen and oxygen atoms in total. The Bertz CT molecular complexity index is 1220. The van der Waals surface area contributed by atoms with Gasteiger partial charge in [0.2, 0.25) is 5.78 Å². The number of amides is 1. The number of hydrogen-bond acceptors (Lipinski definition) is 10. The van der Waals surface area contributed by atoms with Gasteiger partial charge < -0.3 is 31.0 Å². The highest BCUT2D eigenvalue weighted by atomic mass is 79.9. The van der Waals surface area contributed by atoms with Crippen LogP contribution in [0.25, 0.3) is 5.76 Å². The van der Waals surface area contributed by atoms with Crippen LogP contribution in [-0.2, 0) is 32.2 Å². The van der Waals surface area contributed by atoms with Crippen LogP contribution in [0, 0.1) is 11.8 Å². The molecule has 12 heteroatoms. The van der Waals surface area contributed by atoms with Crippen LogP contribution in [0.5, 0.6) is 5.75 Å². The lowest BCUT2D eigenvalue weighted by Crippen LogP contribution is -2.65. The van der Waals surface area contributed by atoms with Crippen LogP contribution in [0.4, 0.5) is 0 Å². The van der Waals surface area contributed by atoms with E-state index in [1.807, 2.05) is 0 Å². The first-order valence-corrected chi connectivity index (χ1v) is 11.6. The number of benzene rings is 1. The van der Waals surface area contributed by atoms with Gasteiger partial charge >= 0.3 is 0 Å². The number of fused-ring (bicyclic) bond motifs is 3. The molecule has 1 fully saturated rings. The summed E-state index contributed by atoms with van der Waals surface area (Å²) in [7, 11) is 4.51. The number of carbonyl (C=O) groups is 3. The molecule has 3 aliphatic rings. The topological polar surface area (TPSA) is 183 Å². The van der Waals surface area contributed by atoms with Crippen molar-refractivity contribution in [2.24, 2.45) is 17.6 Å². The minimum Gasteiger partial charge on any atom is -0.508 e. The zero-order valence-electron chi connectivity index (χ0n) is 19.3. The van der Waals surface area contributed by atoms with Crippen molar-refractivity contribution in [3.8, 4) is 5.75 Å². The summed E-state index contributed by atoms with van der Waals surface area (Å²) in [5.74, 6) is -6.78. The number of primary amides is 1. The van der Waals surface area contributed by atoms with Gasteiger partial charge in [0.1, 0.15) is 22.8 Å². The number of likely N-dealkylation sites (N-methyl/N-ethyl adjacent to an activating group) is 1. The molecule has 0 aromatic heterocycles. The Morgan fingerprint density at radius 1 is 1.31 bits per heavy atom. The zero-order valence-corrected chi connectivity index (χ0v) is 20.8. The van der Waals surface area contributed by atoms with Crippen LogP contribution in [0.3, 0.4) is 0 Å². The van der Waals surface area contributed by atoms with Gasteiger partial charge in [0.05, 0.1) is 18.7 Å². The third-order valence-electron chi connectivity index (χ3n) is 7.15. The van der Waals surface area contributed by atoms with E-state index in [0.717, 1.165) is 0 Å². The molecule has 0 heterocycles. The Labute approximate surface area is 208 Å². The molecule has 1 amide bonds. The number of hydroxylamine groups is 1. The fourth-order valence-electron chi connectivity index (χ4n) is 5.60. The predicted octanol–water partition coefficient (Wildman–Crippen LogP) is 0.377. The number of hydrogen-bond donors (Lipinski definition) is 6. The molecule has 0 aliphatic heterocycles. The van der Waals surface area contributed by atoms with Crippen molar-refractivity contribution >= 4 is 39.2 Å². The van der Waals surface area contributed by atoms with Gasteiger partial charge in [0.15, 0.2) is 11.4 Å². The van der Waals surface area contributed by atoms with Crippen molar-refractivity contribution in [2.75, 3.05) is 21.2 Å². The number of rotatable bonds is 5. The van der Waals surface area contributed by atoms with Crippen molar-refractivity contribution in [2.45, 2.75) is 31.0 Å². The van der Waals surface area contributed by atoms with Crippen LogP contribution in [0.2, 0.25) is 0 Å². The van der Waals surface area contributed by atoms with Crippen molar-refractivity contribution in [3.63, 3.8) is 0 Å². The number of nitrogens with zero attached hydrogens (tertiary/aromatic N) is 1. The smallest absolute Gasteiger partial charge is 0.255 e. The fourth-order valence-corrected chi connectivity index (χ4v) is 6.24. The maximum atomic E-state index is 13.8. The predicted molar refractivity (Wildman–Crippen MR) is 126 cm³/mol. The van der Waals surface area contributed by atoms with Gasteiger partial charge in [0.25, 0.3) is 5.91 Å². The van der Waals surface area contributed by atoms with E-state index in [1.54, 1.807) is 20.2 Å². The monoisotopic (exact) mass is 551 g/mol. The first-order valence-electron chi connectivity index (χ1n) is 10.8. The lowest BCUT2D eigenvalue weighted by Gasteiger charge is -2.50. The summed E-state index contributed by atoms with van der Waals surface area (Å²) in [5.41, 5.74) is 5.16. The molecule has 1 saturated carbocycles. The van der Waals surface area contributed by atoms with E-state index in [9.17, 15) is 34.8 Å². The van der Waals surface area contributed by atoms with Crippen LogP contribution in [-0.4, -0.2) is 75.6 Å². The number of carbonyl (C=O) groups excluding carboxylic acids is 3. The van der Waals surface area contributed by atoms with Gasteiger partial charge in [-0.1, -0.05) is 15.9 Å². The first-order chi connectivity index (χ1) is 16.4. The van der Waals surface area contributed by atoms with E-state index >= 15 is 0 Å². The average Bonchev–Trinajstić information content (AvgIpc) is 2.77. The number of nitrogens with one attached hydrogen (secondary N) is 1. The standard InChI is InChI=1S/C23H26BrN3O8/c1-27(2)16-11-5-8-4-10-12(24)6-9(7-26-35-3)17(28)14(10)18(29)13(8)20(31)23(11,34)21(32)15(19(16)30)22(25)33/h6,8,11,16,26,28-29,32,34H,4-5,7H2,1-3H3,(H2,25,33)/t8-,11-,16-,23-/m0/s1. The number of aliphatic hydroxyl groups excluding tert-OH is 2. The first kappa shape index (κ1) is 25.3. The summed E-state index contributed by atoms with van der Waals surface area (Å²) < 4.78 is 0.583. The number of Topliss-reactive ketones (excluding diaryl/α,β-unsaturated/α-hetero) is 2. The average molecular weight is 552 g/mol. The van der Waals surface area contributed by atoms with Crippen molar-refractivity contribution in [1.29, 1.82) is 0 Å². The SMILES string of the molecule is CONCc1cc(Br)c2c(c1O)C(O)=C1C(=O)[C@]3(O)C(O)=C(C(N)=O)C(=O)[C@@H](N(C)C)[C@@H]3C[C@@H]1C2. The molecule has 1 aromatic carbocycles. The van der Waals surface area contributed by atoms with Crippen LogP contribution in [0.15, 0.2) is 27.4 Å².